The zero-order valence-corrected chi connectivity index (χ0v) is 16.7. The van der Waals surface area contributed by atoms with Gasteiger partial charge >= 0.3 is 6.09 Å². The Morgan fingerprint density at radius 2 is 2.04 bits per heavy atom. The molecule has 25 heavy (non-hydrogen) atoms. The van der Waals surface area contributed by atoms with E-state index in [2.05, 4.69) is 52.3 Å². The Morgan fingerprint density at radius 1 is 1.32 bits per heavy atom. The quantitative estimate of drug-likeness (QED) is 0.434. The number of carbonyl (C=O) groups excluding carboxylic acids is 1. The fourth-order valence-corrected chi connectivity index (χ4v) is 2.98. The van der Waals surface area contributed by atoms with Gasteiger partial charge in [-0.1, -0.05) is 0 Å². The van der Waals surface area contributed by atoms with Crippen LogP contribution in [0.1, 0.15) is 13.8 Å². The third-order valence-electron chi connectivity index (χ3n) is 2.87. The number of ether oxygens (including phenoxy) is 1. The molecule has 0 saturated heterocycles. The molecule has 1 aromatic carbocycles. The maximum absolute atomic E-state index is 12.0. The summed E-state index contributed by atoms with van der Waals surface area (Å²) >= 11 is 2.16. The number of hydrogen-bond acceptors (Lipinski definition) is 7. The summed E-state index contributed by atoms with van der Waals surface area (Å²) in [5.74, 6) is 1.21. The molecule has 0 aliphatic heterocycles. The summed E-state index contributed by atoms with van der Waals surface area (Å²) in [4.78, 5) is 20.3. The molecule has 2 rings (SSSR count). The molecule has 10 heteroatoms. The van der Waals surface area contributed by atoms with Crippen LogP contribution in [0, 0.1) is 3.57 Å². The van der Waals surface area contributed by atoms with E-state index in [0.717, 1.165) is 21.6 Å². The predicted molar refractivity (Wildman–Crippen MR) is 106 cm³/mol. The minimum absolute atomic E-state index is 0.194. The summed E-state index contributed by atoms with van der Waals surface area (Å²) in [5.41, 5.74) is 0.729. The SMILES string of the molecule is CCNc1nc(Nc2ccc(/[SH](=O)=N/C(=O)OCC)cc2)ncc1I. The number of anilines is 3. The van der Waals surface area contributed by atoms with Gasteiger partial charge in [0.25, 0.3) is 0 Å². The van der Waals surface area contributed by atoms with E-state index >= 15 is 0 Å². The first kappa shape index (κ1) is 19.4. The molecule has 1 amide bonds. The van der Waals surface area contributed by atoms with Crippen LogP contribution in [0.15, 0.2) is 39.7 Å². The summed E-state index contributed by atoms with van der Waals surface area (Å²) in [6.07, 6.45) is 0.895. The molecule has 0 fully saturated rings. The highest BCUT2D eigenvalue weighted by molar-refractivity contribution is 14.1. The molecule has 0 aliphatic rings. The summed E-state index contributed by atoms with van der Waals surface area (Å²) < 4.78 is 21.0. The minimum Gasteiger partial charge on any atom is -0.448 e. The monoisotopic (exact) mass is 475 g/mol. The van der Waals surface area contributed by atoms with Crippen LogP contribution < -0.4 is 10.6 Å². The predicted octanol–water partition coefficient (Wildman–Crippen LogP) is 3.44. The number of hydrogen-bond donors (Lipinski definition) is 3. The molecule has 0 radical (unpaired) electrons. The average Bonchev–Trinajstić information content (AvgIpc) is 2.59. The van der Waals surface area contributed by atoms with E-state index in [4.69, 9.17) is 0 Å². The van der Waals surface area contributed by atoms with Crippen LogP contribution in [0.4, 0.5) is 22.2 Å². The first-order valence-electron chi connectivity index (χ1n) is 7.52. The van der Waals surface area contributed by atoms with E-state index in [1.165, 1.54) is 0 Å². The van der Waals surface area contributed by atoms with Gasteiger partial charge in [0.15, 0.2) is 0 Å². The lowest BCUT2D eigenvalue weighted by Gasteiger charge is -2.09. The van der Waals surface area contributed by atoms with Crippen molar-refractivity contribution in [1.29, 1.82) is 0 Å². The van der Waals surface area contributed by atoms with Crippen molar-refractivity contribution >= 4 is 56.7 Å². The van der Waals surface area contributed by atoms with E-state index in [1.54, 1.807) is 37.4 Å². The fourth-order valence-electron chi connectivity index (χ4n) is 1.80. The second kappa shape index (κ2) is 9.51. The molecule has 0 spiro atoms. The largest absolute Gasteiger partial charge is 0.448 e. The second-order valence-electron chi connectivity index (χ2n) is 4.66. The normalized spacial score (nSPS) is 11.8. The molecule has 8 nitrogen and oxygen atoms in total. The van der Waals surface area contributed by atoms with Gasteiger partial charge in [-0.15, -0.1) is 4.36 Å². The number of thiol groups is 1. The lowest BCUT2D eigenvalue weighted by molar-refractivity contribution is 0.164. The molecule has 0 aliphatic carbocycles. The Morgan fingerprint density at radius 3 is 2.68 bits per heavy atom. The molecule has 0 saturated carbocycles. The molecule has 1 atom stereocenters. The van der Waals surface area contributed by atoms with Gasteiger partial charge < -0.3 is 15.4 Å². The van der Waals surface area contributed by atoms with Crippen molar-refractivity contribution in [2.45, 2.75) is 18.7 Å². The highest BCUT2D eigenvalue weighted by Gasteiger charge is 2.05. The van der Waals surface area contributed by atoms with Crippen molar-refractivity contribution in [1.82, 2.24) is 9.97 Å². The Bertz CT molecular complexity index is 822. The van der Waals surface area contributed by atoms with Crippen molar-refractivity contribution in [2.75, 3.05) is 23.8 Å². The van der Waals surface area contributed by atoms with Crippen molar-refractivity contribution in [3.8, 4) is 0 Å². The number of carbonyl (C=O) groups is 1. The van der Waals surface area contributed by atoms with Crippen molar-refractivity contribution in [3.05, 3.63) is 34.0 Å². The molecule has 134 valence electrons. The van der Waals surface area contributed by atoms with Gasteiger partial charge in [0.1, 0.15) is 5.82 Å². The van der Waals surface area contributed by atoms with Gasteiger partial charge in [0.2, 0.25) is 5.95 Å². The number of benzene rings is 1. The summed E-state index contributed by atoms with van der Waals surface area (Å²) in [7, 11) is -2.18. The van der Waals surface area contributed by atoms with Crippen LogP contribution in [-0.4, -0.2) is 33.4 Å². The van der Waals surface area contributed by atoms with Crippen molar-refractivity contribution in [2.24, 2.45) is 4.36 Å². The number of aromatic nitrogens is 2. The van der Waals surface area contributed by atoms with E-state index in [-0.39, 0.29) is 6.61 Å². The van der Waals surface area contributed by atoms with E-state index < -0.39 is 16.7 Å². The molecule has 1 unspecified atom stereocenters. The smallest absolute Gasteiger partial charge is 0.441 e. The Balaban J connectivity index is 2.11. The average molecular weight is 475 g/mol. The highest BCUT2D eigenvalue weighted by Crippen LogP contribution is 2.19. The van der Waals surface area contributed by atoms with Gasteiger partial charge in [0, 0.05) is 23.3 Å². The van der Waals surface area contributed by atoms with E-state index in [9.17, 15) is 9.00 Å². The Labute approximate surface area is 161 Å². The number of nitrogens with one attached hydrogen (secondary N) is 2. The highest BCUT2D eigenvalue weighted by atomic mass is 127. The maximum Gasteiger partial charge on any atom is 0.441 e. The van der Waals surface area contributed by atoms with Gasteiger partial charge in [-0.25, -0.2) is 14.0 Å². The third-order valence-corrected chi connectivity index (χ3v) is 4.75. The molecule has 2 aromatic rings. The number of nitrogens with zero attached hydrogens (tertiary/aromatic N) is 3. The standard InChI is InChI=1S/C15H18IN5O3S/c1-3-17-13-12(16)9-18-14(20-13)19-10-5-7-11(8-6-10)25(23)21-15(22)24-4-2/h5-9,25H,3-4H2,1-2H3,(H2,17,18,19,20). The van der Waals surface area contributed by atoms with Gasteiger partial charge in [-0.05, 0) is 60.7 Å². The van der Waals surface area contributed by atoms with Crippen molar-refractivity contribution in [3.63, 3.8) is 0 Å². The summed E-state index contributed by atoms with van der Waals surface area (Å²) in [6, 6.07) is 6.69. The molecule has 1 heterocycles. The zero-order chi connectivity index (χ0) is 18.2. The van der Waals surface area contributed by atoms with Gasteiger partial charge in [-0.2, -0.15) is 4.98 Å². The Kier molecular flexibility index (Phi) is 7.37. The fraction of sp³-hybridized carbons (Fsp3) is 0.267. The van der Waals surface area contributed by atoms with Crippen LogP contribution in [0.5, 0.6) is 0 Å². The minimum atomic E-state index is -2.18. The zero-order valence-electron chi connectivity index (χ0n) is 13.7. The van der Waals surface area contributed by atoms with Crippen LogP contribution in [0.2, 0.25) is 0 Å². The summed E-state index contributed by atoms with van der Waals surface area (Å²) in [5, 5.41) is 6.24. The third kappa shape index (κ3) is 5.81. The van der Waals surface area contributed by atoms with Crippen LogP contribution >= 0.6 is 22.6 Å². The molecule has 2 N–H and O–H groups in total. The van der Waals surface area contributed by atoms with Gasteiger partial charge in [0.05, 0.1) is 20.8 Å². The second-order valence-corrected chi connectivity index (χ2v) is 7.09. The first-order chi connectivity index (χ1) is 12.0. The number of rotatable bonds is 6. The number of halogens is 1. The first-order valence-corrected chi connectivity index (χ1v) is 9.81. The lowest BCUT2D eigenvalue weighted by Crippen LogP contribution is -2.05. The van der Waals surface area contributed by atoms with Crippen molar-refractivity contribution < 1.29 is 13.7 Å². The number of amides is 1. The Hall–Kier alpha value is -1.95. The molecular weight excluding hydrogens is 457 g/mol. The van der Waals surface area contributed by atoms with Crippen LogP contribution in [0.3, 0.4) is 0 Å². The topological polar surface area (TPSA) is 106 Å². The van der Waals surface area contributed by atoms with E-state index in [0.29, 0.717) is 10.8 Å². The van der Waals surface area contributed by atoms with Crippen LogP contribution in [-0.2, 0) is 15.3 Å². The molecule has 1 aromatic heterocycles. The lowest BCUT2D eigenvalue weighted by atomic mass is 10.3. The summed E-state index contributed by atoms with van der Waals surface area (Å²) in [6.45, 7) is 4.61. The maximum atomic E-state index is 12.0. The molecule has 0 bridgehead atoms. The van der Waals surface area contributed by atoms with Crippen LogP contribution in [0.25, 0.3) is 0 Å². The van der Waals surface area contributed by atoms with E-state index in [1.807, 2.05) is 6.92 Å². The molecular formula is C15H18IN5O3S. The van der Waals surface area contributed by atoms with Gasteiger partial charge in [-0.3, -0.25) is 0 Å².